The summed E-state index contributed by atoms with van der Waals surface area (Å²) in [5, 5.41) is 8.03. The van der Waals surface area contributed by atoms with E-state index >= 15 is 0 Å². The molecule has 0 spiro atoms. The van der Waals surface area contributed by atoms with Gasteiger partial charge in [0, 0.05) is 5.71 Å². The molecule has 0 aliphatic rings. The third kappa shape index (κ3) is 4.04. The molecular weight excluding hydrogens is 296 g/mol. The van der Waals surface area contributed by atoms with Gasteiger partial charge in [-0.1, -0.05) is 37.3 Å². The second-order valence-corrected chi connectivity index (χ2v) is 6.42. The molecule has 1 heterocycles. The van der Waals surface area contributed by atoms with E-state index in [4.69, 9.17) is 0 Å². The molecule has 0 aliphatic carbocycles. The van der Waals surface area contributed by atoms with Crippen molar-refractivity contribution in [1.82, 2.24) is 10.4 Å². The van der Waals surface area contributed by atoms with Gasteiger partial charge in [0.05, 0.1) is 10.2 Å². The Labute approximate surface area is 134 Å². The summed E-state index contributed by atoms with van der Waals surface area (Å²) in [5.41, 5.74) is 4.49. The summed E-state index contributed by atoms with van der Waals surface area (Å²) in [5.74, 6) is 0.203. The molecule has 0 saturated heterocycles. The Morgan fingerprint density at radius 3 is 2.77 bits per heavy atom. The van der Waals surface area contributed by atoms with Gasteiger partial charge in [0.2, 0.25) is 0 Å². The second kappa shape index (κ2) is 7.35. The van der Waals surface area contributed by atoms with Crippen molar-refractivity contribution in [1.29, 1.82) is 0 Å². The molecule has 0 unspecified atom stereocenters. The Morgan fingerprint density at radius 2 is 2.09 bits per heavy atom. The van der Waals surface area contributed by atoms with Crippen LogP contribution in [0.15, 0.2) is 29.4 Å². The van der Waals surface area contributed by atoms with Crippen molar-refractivity contribution in [3.8, 4) is 0 Å². The van der Waals surface area contributed by atoms with E-state index in [1.165, 1.54) is 11.3 Å². The molecule has 22 heavy (non-hydrogen) atoms. The molecule has 0 saturated carbocycles. The lowest BCUT2D eigenvalue weighted by Crippen LogP contribution is -2.35. The molecule has 2 N–H and O–H groups in total. The van der Waals surface area contributed by atoms with E-state index in [2.05, 4.69) is 34.7 Å². The summed E-state index contributed by atoms with van der Waals surface area (Å²) < 4.78 is 1.10. The van der Waals surface area contributed by atoms with Gasteiger partial charge in [-0.15, -0.1) is 0 Å². The monoisotopic (exact) mass is 318 g/mol. The summed E-state index contributed by atoms with van der Waals surface area (Å²) in [7, 11) is 0. The van der Waals surface area contributed by atoms with E-state index < -0.39 is 6.04 Å². The van der Waals surface area contributed by atoms with Crippen molar-refractivity contribution in [2.24, 2.45) is 11.0 Å². The summed E-state index contributed by atoms with van der Waals surface area (Å²) in [6.45, 7) is 7.92. The molecule has 0 radical (unpaired) electrons. The fourth-order valence-corrected chi connectivity index (χ4v) is 2.78. The molecule has 2 atom stereocenters. The summed E-state index contributed by atoms with van der Waals surface area (Å²) in [4.78, 5) is 16.5. The summed E-state index contributed by atoms with van der Waals surface area (Å²) >= 11 is 1.54. The summed E-state index contributed by atoms with van der Waals surface area (Å²) in [6, 6.07) is 7.51. The van der Waals surface area contributed by atoms with Gasteiger partial charge in [-0.05, 0) is 38.3 Å². The molecular formula is C16H22N4OS. The van der Waals surface area contributed by atoms with E-state index in [0.29, 0.717) is 5.92 Å². The molecule has 118 valence electrons. The van der Waals surface area contributed by atoms with Crippen LogP contribution in [0, 0.1) is 5.92 Å². The van der Waals surface area contributed by atoms with Crippen LogP contribution in [0.25, 0.3) is 10.2 Å². The highest BCUT2D eigenvalue weighted by atomic mass is 32.1. The maximum atomic E-state index is 12.1. The van der Waals surface area contributed by atoms with Crippen molar-refractivity contribution >= 4 is 38.3 Å². The van der Waals surface area contributed by atoms with Gasteiger partial charge in [-0.3, -0.25) is 4.79 Å². The molecule has 2 rings (SSSR count). The third-order valence-corrected chi connectivity index (χ3v) is 4.66. The number of benzene rings is 1. The number of para-hydroxylation sites is 1. The highest BCUT2D eigenvalue weighted by Crippen LogP contribution is 2.25. The lowest BCUT2D eigenvalue weighted by molar-refractivity contribution is -0.121. The zero-order valence-electron chi connectivity index (χ0n) is 13.4. The molecule has 2 aromatic rings. The van der Waals surface area contributed by atoms with Gasteiger partial charge in [-0.2, -0.15) is 5.10 Å². The molecule has 0 fully saturated rings. The van der Waals surface area contributed by atoms with Crippen molar-refractivity contribution in [3.63, 3.8) is 0 Å². The molecule has 6 heteroatoms. The van der Waals surface area contributed by atoms with Crippen LogP contribution in [0.3, 0.4) is 0 Å². The zero-order valence-corrected chi connectivity index (χ0v) is 14.2. The second-order valence-electron chi connectivity index (χ2n) is 5.39. The lowest BCUT2D eigenvalue weighted by Gasteiger charge is -2.12. The highest BCUT2D eigenvalue weighted by Gasteiger charge is 2.14. The lowest BCUT2D eigenvalue weighted by atomic mass is 10.1. The van der Waals surface area contributed by atoms with E-state index in [9.17, 15) is 4.79 Å². The molecule has 1 aromatic carbocycles. The smallest absolute Gasteiger partial charge is 0.262 e. The number of carbonyl (C=O) groups is 1. The van der Waals surface area contributed by atoms with Crippen LogP contribution < -0.4 is 10.7 Å². The van der Waals surface area contributed by atoms with Crippen molar-refractivity contribution in [3.05, 3.63) is 24.3 Å². The average molecular weight is 318 g/mol. The predicted molar refractivity (Wildman–Crippen MR) is 93.4 cm³/mol. The number of amides is 1. The Kier molecular flexibility index (Phi) is 5.49. The fourth-order valence-electron chi connectivity index (χ4n) is 1.83. The van der Waals surface area contributed by atoms with Crippen LogP contribution in [-0.4, -0.2) is 22.6 Å². The van der Waals surface area contributed by atoms with Crippen molar-refractivity contribution in [2.75, 3.05) is 5.32 Å². The first-order valence-electron chi connectivity index (χ1n) is 7.47. The maximum Gasteiger partial charge on any atom is 0.262 e. The Morgan fingerprint density at radius 1 is 1.36 bits per heavy atom. The van der Waals surface area contributed by atoms with E-state index in [0.717, 1.165) is 27.5 Å². The number of carbonyl (C=O) groups excluding carboxylic acids is 1. The molecule has 0 aliphatic heterocycles. The van der Waals surface area contributed by atoms with Crippen molar-refractivity contribution < 1.29 is 4.79 Å². The van der Waals surface area contributed by atoms with Gasteiger partial charge in [0.15, 0.2) is 5.13 Å². The van der Waals surface area contributed by atoms with Gasteiger partial charge >= 0.3 is 0 Å². The maximum absolute atomic E-state index is 12.1. The van der Waals surface area contributed by atoms with Gasteiger partial charge in [-0.25, -0.2) is 10.4 Å². The highest BCUT2D eigenvalue weighted by molar-refractivity contribution is 7.22. The first-order valence-corrected chi connectivity index (χ1v) is 8.29. The first-order chi connectivity index (χ1) is 10.5. The number of anilines is 1. The topological polar surface area (TPSA) is 66.4 Å². The third-order valence-electron chi connectivity index (χ3n) is 3.70. The zero-order chi connectivity index (χ0) is 16.1. The van der Waals surface area contributed by atoms with E-state index in [-0.39, 0.29) is 5.91 Å². The minimum atomic E-state index is -0.394. The minimum Gasteiger partial charge on any atom is -0.350 e. The fraction of sp³-hybridized carbons (Fsp3) is 0.438. The number of nitrogens with zero attached hydrogens (tertiary/aromatic N) is 2. The minimum absolute atomic E-state index is 0.165. The SMILES string of the molecule is CC[C@@H](C)/C(C)=N\NC(=O)[C@@H](C)Nc1nc2ccccc2s1. The standard InChI is InChI=1S/C16H22N4OS/c1-5-10(2)11(3)19-20-15(21)12(4)17-16-18-13-8-6-7-9-14(13)22-16/h6-10,12H,5H2,1-4H3,(H,17,18)(H,20,21)/b19-11-/t10-,12-/m1/s1. The largest absolute Gasteiger partial charge is 0.350 e. The Bertz CT molecular complexity index is 647. The van der Waals surface area contributed by atoms with Crippen LogP contribution in [0.5, 0.6) is 0 Å². The molecule has 1 amide bonds. The van der Waals surface area contributed by atoms with Crippen LogP contribution in [-0.2, 0) is 4.79 Å². The van der Waals surface area contributed by atoms with Crippen LogP contribution in [0.2, 0.25) is 0 Å². The van der Waals surface area contributed by atoms with Gasteiger partial charge in [0.1, 0.15) is 6.04 Å². The number of hydrogen-bond donors (Lipinski definition) is 2. The molecule has 5 nitrogen and oxygen atoms in total. The number of nitrogens with one attached hydrogen (secondary N) is 2. The van der Waals surface area contributed by atoms with Crippen molar-refractivity contribution in [2.45, 2.75) is 40.2 Å². The Balaban J connectivity index is 1.96. The Hall–Kier alpha value is -1.95. The number of thiazole rings is 1. The molecule has 1 aromatic heterocycles. The van der Waals surface area contributed by atoms with Crippen LogP contribution in [0.4, 0.5) is 5.13 Å². The number of aromatic nitrogens is 1. The average Bonchev–Trinajstić information content (AvgIpc) is 2.93. The van der Waals surface area contributed by atoms with Crippen LogP contribution >= 0.6 is 11.3 Å². The predicted octanol–water partition coefficient (Wildman–Crippen LogP) is 3.63. The first kappa shape index (κ1) is 16.4. The normalized spacial score (nSPS) is 14.6. The molecule has 0 bridgehead atoms. The quantitative estimate of drug-likeness (QED) is 0.631. The number of rotatable bonds is 6. The number of hydrogen-bond acceptors (Lipinski definition) is 5. The van der Waals surface area contributed by atoms with E-state index in [1.54, 1.807) is 6.92 Å². The van der Waals surface area contributed by atoms with Gasteiger partial charge in [0.25, 0.3) is 5.91 Å². The number of fused-ring (bicyclic) bond motifs is 1. The summed E-state index contributed by atoms with van der Waals surface area (Å²) in [6.07, 6.45) is 1.00. The van der Waals surface area contributed by atoms with E-state index in [1.807, 2.05) is 31.2 Å². The number of hydrazone groups is 1. The van der Waals surface area contributed by atoms with Crippen LogP contribution in [0.1, 0.15) is 34.1 Å². The van der Waals surface area contributed by atoms with Gasteiger partial charge < -0.3 is 5.32 Å².